The van der Waals surface area contributed by atoms with Crippen molar-refractivity contribution in [3.63, 3.8) is 0 Å². The Morgan fingerprint density at radius 1 is 0.959 bits per heavy atom. The van der Waals surface area contributed by atoms with Gasteiger partial charge in [-0.1, -0.05) is 38.0 Å². The van der Waals surface area contributed by atoms with E-state index in [0.29, 0.717) is 41.4 Å². The summed E-state index contributed by atoms with van der Waals surface area (Å²) in [5.74, 6) is -0.395. The highest BCUT2D eigenvalue weighted by molar-refractivity contribution is 7.09. The maximum absolute atomic E-state index is 13.7. The Morgan fingerprint density at radius 3 is 2.43 bits per heavy atom. The number of methoxy groups -OCH3 is 1. The molecular formula is C36H46N5O7P. The van der Waals surface area contributed by atoms with Gasteiger partial charge in [0.2, 0.25) is 17.7 Å². The standard InChI is InChI=1S/C36H46N5O7P/c1-5-6-7-12-33(42)38-20-34(43)39-23(2)35(44)40-27-16-24(15-25(17-27)22-48-49)21-47-32-19-29(37-3)28(18-31(32)46-4)36(45)41-14-13-26-10-8-9-11-30(26)41/h8-11,15-19,23,37H,5-7,12-14,20-22,49H2,1-4H3,(H,38,42)(H,39,43)(H,40,44). The summed E-state index contributed by atoms with van der Waals surface area (Å²) in [5.41, 5.74) is 5.10. The summed E-state index contributed by atoms with van der Waals surface area (Å²) >= 11 is 0. The number of hydrogen-bond donors (Lipinski definition) is 4. The SMILES string of the molecule is CCCCCC(=O)NCC(=O)NC(C)C(=O)Nc1cc(COP)cc(COc2cc(NC)c(C(=O)N3CCc4ccccc43)cc2OC)c1. The Balaban J connectivity index is 1.42. The molecule has 4 N–H and O–H groups in total. The highest BCUT2D eigenvalue weighted by Crippen LogP contribution is 2.37. The van der Waals surface area contributed by atoms with Crippen molar-refractivity contribution in [3.8, 4) is 11.5 Å². The predicted molar refractivity (Wildman–Crippen MR) is 193 cm³/mol. The molecule has 4 amide bonds. The monoisotopic (exact) mass is 691 g/mol. The lowest BCUT2D eigenvalue weighted by atomic mass is 10.1. The molecule has 0 aliphatic carbocycles. The molecule has 0 saturated carbocycles. The number of ether oxygens (including phenoxy) is 2. The number of unbranched alkanes of at least 4 members (excludes halogenated alkanes) is 2. The summed E-state index contributed by atoms with van der Waals surface area (Å²) in [5, 5.41) is 11.2. The lowest BCUT2D eigenvalue weighted by molar-refractivity contribution is -0.128. The first-order valence-electron chi connectivity index (χ1n) is 16.4. The average molecular weight is 692 g/mol. The number of nitrogens with one attached hydrogen (secondary N) is 4. The number of hydrogen-bond acceptors (Lipinski definition) is 8. The number of carbonyl (C=O) groups excluding carboxylic acids is 4. The molecule has 0 fully saturated rings. The van der Waals surface area contributed by atoms with Crippen molar-refractivity contribution in [2.75, 3.05) is 42.8 Å². The van der Waals surface area contributed by atoms with Crippen LogP contribution in [0.2, 0.25) is 0 Å². The van der Waals surface area contributed by atoms with Crippen LogP contribution in [0, 0.1) is 0 Å². The van der Waals surface area contributed by atoms with Crippen LogP contribution in [0.3, 0.4) is 0 Å². The van der Waals surface area contributed by atoms with E-state index in [1.165, 1.54) is 7.11 Å². The first kappa shape index (κ1) is 37.2. The van der Waals surface area contributed by atoms with Crippen LogP contribution in [0.5, 0.6) is 11.5 Å². The molecule has 3 aromatic rings. The molecule has 1 aliphatic rings. The van der Waals surface area contributed by atoms with Gasteiger partial charge in [-0.25, -0.2) is 0 Å². The third-order valence-electron chi connectivity index (χ3n) is 8.12. The Kier molecular flexibility index (Phi) is 13.8. The third-order valence-corrected chi connectivity index (χ3v) is 8.29. The molecule has 0 aromatic heterocycles. The highest BCUT2D eigenvalue weighted by atomic mass is 31.0. The number of amides is 4. The van der Waals surface area contributed by atoms with Crippen LogP contribution >= 0.6 is 9.47 Å². The summed E-state index contributed by atoms with van der Waals surface area (Å²) in [6, 6.07) is 15.9. The molecule has 12 nitrogen and oxygen atoms in total. The zero-order chi connectivity index (χ0) is 35.3. The molecule has 2 atom stereocenters. The lowest BCUT2D eigenvalue weighted by Gasteiger charge is -2.21. The molecule has 13 heteroatoms. The number of benzene rings is 3. The fourth-order valence-corrected chi connectivity index (χ4v) is 5.77. The second-order valence-electron chi connectivity index (χ2n) is 11.8. The molecule has 0 saturated heterocycles. The molecule has 1 heterocycles. The van der Waals surface area contributed by atoms with E-state index in [1.54, 1.807) is 43.1 Å². The molecule has 3 aromatic carbocycles. The van der Waals surface area contributed by atoms with Crippen LogP contribution in [0.4, 0.5) is 17.1 Å². The van der Waals surface area contributed by atoms with E-state index in [0.717, 1.165) is 48.1 Å². The van der Waals surface area contributed by atoms with Crippen LogP contribution in [-0.4, -0.2) is 56.9 Å². The highest BCUT2D eigenvalue weighted by Gasteiger charge is 2.28. The van der Waals surface area contributed by atoms with E-state index < -0.39 is 17.9 Å². The van der Waals surface area contributed by atoms with Crippen LogP contribution in [0.15, 0.2) is 54.6 Å². The van der Waals surface area contributed by atoms with Gasteiger partial charge in [0.1, 0.15) is 12.6 Å². The molecular weight excluding hydrogens is 645 g/mol. The molecule has 0 spiro atoms. The van der Waals surface area contributed by atoms with E-state index in [1.807, 2.05) is 30.3 Å². The van der Waals surface area contributed by atoms with Crippen molar-refractivity contribution in [3.05, 3.63) is 76.9 Å². The maximum Gasteiger partial charge on any atom is 0.260 e. The van der Waals surface area contributed by atoms with Gasteiger partial charge in [-0.05, 0) is 66.8 Å². The van der Waals surface area contributed by atoms with Gasteiger partial charge in [-0.15, -0.1) is 0 Å². The molecule has 0 radical (unpaired) electrons. The van der Waals surface area contributed by atoms with E-state index in [2.05, 4.69) is 37.7 Å². The Bertz CT molecular complexity index is 1650. The van der Waals surface area contributed by atoms with Crippen molar-refractivity contribution < 1.29 is 33.2 Å². The quantitative estimate of drug-likeness (QED) is 0.115. The van der Waals surface area contributed by atoms with Crippen molar-refractivity contribution in [1.29, 1.82) is 0 Å². The smallest absolute Gasteiger partial charge is 0.260 e. The lowest BCUT2D eigenvalue weighted by Crippen LogP contribution is -2.45. The molecule has 2 unspecified atom stereocenters. The summed E-state index contributed by atoms with van der Waals surface area (Å²) < 4.78 is 17.1. The number of rotatable bonds is 17. The Hall–Kier alpha value is -4.67. The van der Waals surface area contributed by atoms with E-state index in [4.69, 9.17) is 14.0 Å². The van der Waals surface area contributed by atoms with Gasteiger partial charge < -0.3 is 40.2 Å². The zero-order valence-corrected chi connectivity index (χ0v) is 29.7. The molecule has 1 aliphatic heterocycles. The van der Waals surface area contributed by atoms with E-state index >= 15 is 0 Å². The van der Waals surface area contributed by atoms with Crippen molar-refractivity contribution in [2.45, 2.75) is 65.2 Å². The van der Waals surface area contributed by atoms with Crippen molar-refractivity contribution in [2.24, 2.45) is 0 Å². The van der Waals surface area contributed by atoms with E-state index in [-0.39, 0.29) is 31.6 Å². The van der Waals surface area contributed by atoms with Crippen molar-refractivity contribution in [1.82, 2.24) is 10.6 Å². The first-order chi connectivity index (χ1) is 23.7. The second kappa shape index (κ2) is 18.2. The van der Waals surface area contributed by atoms with Crippen LogP contribution in [-0.2, 0) is 38.5 Å². The predicted octanol–water partition coefficient (Wildman–Crippen LogP) is 4.97. The molecule has 0 bridgehead atoms. The minimum Gasteiger partial charge on any atom is -0.493 e. The number of anilines is 3. The summed E-state index contributed by atoms with van der Waals surface area (Å²) in [7, 11) is 5.47. The van der Waals surface area contributed by atoms with Gasteiger partial charge in [0, 0.05) is 46.9 Å². The number of para-hydroxylation sites is 1. The molecule has 4 rings (SSSR count). The summed E-state index contributed by atoms with van der Waals surface area (Å²) in [4.78, 5) is 52.7. The maximum atomic E-state index is 13.7. The van der Waals surface area contributed by atoms with Gasteiger partial charge in [-0.2, -0.15) is 0 Å². The van der Waals surface area contributed by atoms with Crippen molar-refractivity contribution >= 4 is 50.2 Å². The van der Waals surface area contributed by atoms with Crippen LogP contribution in [0.1, 0.15) is 66.6 Å². The van der Waals surface area contributed by atoms with Gasteiger partial charge in [0.15, 0.2) is 11.5 Å². The normalized spacial score (nSPS) is 12.5. The number of nitrogens with zero attached hydrogens (tertiary/aromatic N) is 1. The Labute approximate surface area is 289 Å². The summed E-state index contributed by atoms with van der Waals surface area (Å²) in [6.07, 6.45) is 3.88. The van der Waals surface area contributed by atoms with Gasteiger partial charge >= 0.3 is 0 Å². The minimum atomic E-state index is -0.856. The zero-order valence-electron chi connectivity index (χ0n) is 28.5. The molecule has 49 heavy (non-hydrogen) atoms. The van der Waals surface area contributed by atoms with Gasteiger partial charge in [0.05, 0.1) is 31.5 Å². The van der Waals surface area contributed by atoms with E-state index in [9.17, 15) is 19.2 Å². The van der Waals surface area contributed by atoms with Crippen LogP contribution in [0.25, 0.3) is 0 Å². The fraction of sp³-hybridized carbons (Fsp3) is 0.389. The second-order valence-corrected chi connectivity index (χ2v) is 12.1. The number of fused-ring (bicyclic) bond motifs is 1. The van der Waals surface area contributed by atoms with Crippen LogP contribution < -0.4 is 35.6 Å². The number of carbonyl (C=O) groups is 4. The average Bonchev–Trinajstić information content (AvgIpc) is 3.53. The van der Waals surface area contributed by atoms with Gasteiger partial charge in [-0.3, -0.25) is 19.2 Å². The van der Waals surface area contributed by atoms with Gasteiger partial charge in [0.25, 0.3) is 5.91 Å². The summed E-state index contributed by atoms with van der Waals surface area (Å²) in [6.45, 7) is 4.39. The Morgan fingerprint density at radius 2 is 1.71 bits per heavy atom. The third kappa shape index (κ3) is 10.2. The topological polar surface area (TPSA) is 147 Å². The minimum absolute atomic E-state index is 0.115. The molecule has 262 valence electrons. The largest absolute Gasteiger partial charge is 0.493 e. The first-order valence-corrected chi connectivity index (χ1v) is 16.9. The fourth-order valence-electron chi connectivity index (χ4n) is 5.58.